The fourth-order valence-corrected chi connectivity index (χ4v) is 2.11. The van der Waals surface area contributed by atoms with Crippen molar-refractivity contribution in [2.45, 2.75) is 27.3 Å². The molecule has 0 unspecified atom stereocenters. The van der Waals surface area contributed by atoms with E-state index < -0.39 is 0 Å². The Kier molecular flexibility index (Phi) is 7.18. The lowest BCUT2D eigenvalue weighted by Gasteiger charge is -2.07. The smallest absolute Gasteiger partial charge is 0.0233 e. The number of rotatable bonds is 4. The van der Waals surface area contributed by atoms with Gasteiger partial charge in [0.05, 0.1) is 0 Å². The van der Waals surface area contributed by atoms with Gasteiger partial charge in [0, 0.05) is 18.5 Å². The summed E-state index contributed by atoms with van der Waals surface area (Å²) >= 11 is 0. The lowest BCUT2D eigenvalue weighted by atomic mass is 9.98. The Balaban J connectivity index is 0.00000242. The molecule has 2 aromatic rings. The Morgan fingerprint density at radius 3 is 2.55 bits per heavy atom. The SMILES string of the molecule is CC(C)(C)C#C/C=C\CNCc1cccc2ccccc12.Cl. The number of fused-ring (bicyclic) bond motifs is 1. The molecule has 0 spiro atoms. The van der Waals surface area contributed by atoms with E-state index in [-0.39, 0.29) is 17.8 Å². The molecule has 0 fully saturated rings. The van der Waals surface area contributed by atoms with Gasteiger partial charge >= 0.3 is 0 Å². The predicted octanol–water partition coefficient (Wildman–Crippen LogP) is 4.96. The largest absolute Gasteiger partial charge is 0.309 e. The van der Waals surface area contributed by atoms with E-state index in [1.807, 2.05) is 6.08 Å². The number of nitrogens with one attached hydrogen (secondary N) is 1. The van der Waals surface area contributed by atoms with Crippen LogP contribution in [0.1, 0.15) is 26.3 Å². The van der Waals surface area contributed by atoms with Crippen molar-refractivity contribution in [3.8, 4) is 11.8 Å². The number of hydrogen-bond donors (Lipinski definition) is 1. The van der Waals surface area contributed by atoms with Crippen LogP contribution in [0.3, 0.4) is 0 Å². The molecular weight excluding hydrogens is 290 g/mol. The average Bonchev–Trinajstić information content (AvgIpc) is 2.45. The van der Waals surface area contributed by atoms with Crippen molar-refractivity contribution in [3.63, 3.8) is 0 Å². The van der Waals surface area contributed by atoms with Crippen LogP contribution in [0.15, 0.2) is 54.6 Å². The first-order chi connectivity index (χ1) is 10.1. The molecule has 0 aliphatic rings. The van der Waals surface area contributed by atoms with Crippen LogP contribution < -0.4 is 5.32 Å². The van der Waals surface area contributed by atoms with Crippen molar-refractivity contribution in [3.05, 3.63) is 60.2 Å². The summed E-state index contributed by atoms with van der Waals surface area (Å²) < 4.78 is 0. The van der Waals surface area contributed by atoms with E-state index in [2.05, 4.69) is 86.5 Å². The van der Waals surface area contributed by atoms with Crippen molar-refractivity contribution in [1.29, 1.82) is 0 Å². The Labute approximate surface area is 140 Å². The molecule has 0 bridgehead atoms. The van der Waals surface area contributed by atoms with Crippen molar-refractivity contribution >= 4 is 23.2 Å². The van der Waals surface area contributed by atoms with Crippen LogP contribution >= 0.6 is 12.4 Å². The lowest BCUT2D eigenvalue weighted by molar-refractivity contribution is 0.571. The highest BCUT2D eigenvalue weighted by atomic mass is 35.5. The monoisotopic (exact) mass is 313 g/mol. The number of allylic oxidation sites excluding steroid dienone is 1. The minimum Gasteiger partial charge on any atom is -0.309 e. The van der Waals surface area contributed by atoms with Gasteiger partial charge in [-0.25, -0.2) is 0 Å². The zero-order chi connectivity index (χ0) is 15.1. The van der Waals surface area contributed by atoms with Gasteiger partial charge in [0.15, 0.2) is 0 Å². The third-order valence-electron chi connectivity index (χ3n) is 3.11. The molecule has 0 aliphatic carbocycles. The Morgan fingerprint density at radius 2 is 1.77 bits per heavy atom. The average molecular weight is 314 g/mol. The van der Waals surface area contributed by atoms with Gasteiger partial charge < -0.3 is 5.32 Å². The maximum absolute atomic E-state index is 3.44. The highest BCUT2D eigenvalue weighted by Gasteiger charge is 2.02. The van der Waals surface area contributed by atoms with Gasteiger partial charge in [0.25, 0.3) is 0 Å². The molecule has 0 aliphatic heterocycles. The normalized spacial score (nSPS) is 11.0. The molecule has 2 heteroatoms. The first-order valence-electron chi connectivity index (χ1n) is 7.41. The zero-order valence-electron chi connectivity index (χ0n) is 13.5. The lowest BCUT2D eigenvalue weighted by Crippen LogP contribution is -2.12. The Morgan fingerprint density at radius 1 is 1.05 bits per heavy atom. The van der Waals surface area contributed by atoms with E-state index in [0.29, 0.717) is 0 Å². The van der Waals surface area contributed by atoms with E-state index in [1.165, 1.54) is 16.3 Å². The summed E-state index contributed by atoms with van der Waals surface area (Å²) in [5.41, 5.74) is 1.41. The van der Waals surface area contributed by atoms with E-state index in [9.17, 15) is 0 Å². The summed E-state index contributed by atoms with van der Waals surface area (Å²) in [6.07, 6.45) is 4.01. The molecule has 0 radical (unpaired) electrons. The molecule has 116 valence electrons. The van der Waals surface area contributed by atoms with Crippen LogP contribution in [-0.2, 0) is 6.54 Å². The second kappa shape index (κ2) is 8.63. The summed E-state index contributed by atoms with van der Waals surface area (Å²) in [4.78, 5) is 0. The molecule has 0 atom stereocenters. The molecule has 2 rings (SSSR count). The predicted molar refractivity (Wildman–Crippen MR) is 99.3 cm³/mol. The molecule has 0 saturated carbocycles. The maximum atomic E-state index is 3.44. The highest BCUT2D eigenvalue weighted by Crippen LogP contribution is 2.18. The van der Waals surface area contributed by atoms with Crippen LogP contribution in [0, 0.1) is 17.3 Å². The van der Waals surface area contributed by atoms with Gasteiger partial charge in [-0.2, -0.15) is 0 Å². The summed E-state index contributed by atoms with van der Waals surface area (Å²) in [7, 11) is 0. The molecule has 0 heterocycles. The van der Waals surface area contributed by atoms with Crippen molar-refractivity contribution in [2.24, 2.45) is 5.41 Å². The van der Waals surface area contributed by atoms with Crippen molar-refractivity contribution in [1.82, 2.24) is 5.32 Å². The van der Waals surface area contributed by atoms with Crippen LogP contribution in [-0.4, -0.2) is 6.54 Å². The van der Waals surface area contributed by atoms with Gasteiger partial charge in [-0.05, 0) is 43.2 Å². The summed E-state index contributed by atoms with van der Waals surface area (Å²) in [5.74, 6) is 6.27. The molecule has 0 saturated heterocycles. The van der Waals surface area contributed by atoms with Gasteiger partial charge in [0.2, 0.25) is 0 Å². The highest BCUT2D eigenvalue weighted by molar-refractivity contribution is 5.85. The Bertz CT molecular complexity index is 679. The van der Waals surface area contributed by atoms with E-state index >= 15 is 0 Å². The van der Waals surface area contributed by atoms with Gasteiger partial charge in [0.1, 0.15) is 0 Å². The summed E-state index contributed by atoms with van der Waals surface area (Å²) in [6, 6.07) is 14.9. The molecular formula is C20H24ClN. The zero-order valence-corrected chi connectivity index (χ0v) is 14.3. The minimum atomic E-state index is 0. The quantitative estimate of drug-likeness (QED) is 0.621. The van der Waals surface area contributed by atoms with Crippen LogP contribution in [0.2, 0.25) is 0 Å². The topological polar surface area (TPSA) is 12.0 Å². The molecule has 1 N–H and O–H groups in total. The second-order valence-electron chi connectivity index (χ2n) is 6.19. The fourth-order valence-electron chi connectivity index (χ4n) is 2.11. The van der Waals surface area contributed by atoms with E-state index in [1.54, 1.807) is 0 Å². The Hall–Kier alpha value is -1.75. The van der Waals surface area contributed by atoms with Crippen molar-refractivity contribution in [2.75, 3.05) is 6.54 Å². The number of benzene rings is 2. The summed E-state index contributed by atoms with van der Waals surface area (Å²) in [6.45, 7) is 8.06. The van der Waals surface area contributed by atoms with E-state index in [4.69, 9.17) is 0 Å². The molecule has 2 aromatic carbocycles. The van der Waals surface area contributed by atoms with Crippen LogP contribution in [0.4, 0.5) is 0 Å². The molecule has 1 nitrogen and oxygen atoms in total. The number of hydrogen-bond acceptors (Lipinski definition) is 1. The van der Waals surface area contributed by atoms with E-state index in [0.717, 1.165) is 13.1 Å². The summed E-state index contributed by atoms with van der Waals surface area (Å²) in [5, 5.41) is 6.05. The van der Waals surface area contributed by atoms with Gasteiger partial charge in [-0.15, -0.1) is 12.4 Å². The molecule has 22 heavy (non-hydrogen) atoms. The third-order valence-corrected chi connectivity index (χ3v) is 3.11. The standard InChI is InChI=1S/C20H23N.ClH/c1-20(2,3)14-7-4-8-15-21-16-18-12-9-11-17-10-5-6-13-19(17)18;/h4-6,8-13,21H,15-16H2,1-3H3;1H/b8-4-;. The first-order valence-corrected chi connectivity index (χ1v) is 7.41. The minimum absolute atomic E-state index is 0. The van der Waals surface area contributed by atoms with Gasteiger partial charge in [-0.1, -0.05) is 60.4 Å². The second-order valence-corrected chi connectivity index (χ2v) is 6.19. The fraction of sp³-hybridized carbons (Fsp3) is 0.300. The molecule has 0 aromatic heterocycles. The van der Waals surface area contributed by atoms with Crippen LogP contribution in [0.5, 0.6) is 0 Å². The molecule has 0 amide bonds. The van der Waals surface area contributed by atoms with Gasteiger partial charge in [-0.3, -0.25) is 0 Å². The number of halogens is 1. The van der Waals surface area contributed by atoms with Crippen LogP contribution in [0.25, 0.3) is 10.8 Å². The van der Waals surface area contributed by atoms with Crippen molar-refractivity contribution < 1.29 is 0 Å². The first kappa shape index (κ1) is 18.3. The maximum Gasteiger partial charge on any atom is 0.0233 e. The third kappa shape index (κ3) is 5.93.